The lowest BCUT2D eigenvalue weighted by atomic mass is 10.1. The van der Waals surface area contributed by atoms with Crippen LogP contribution in [0.2, 0.25) is 10.0 Å². The van der Waals surface area contributed by atoms with Crippen molar-refractivity contribution < 1.29 is 9.18 Å². The number of aryl methyl sites for hydroxylation is 1. The van der Waals surface area contributed by atoms with Crippen molar-refractivity contribution in [2.75, 3.05) is 31.1 Å². The molecule has 0 atom stereocenters. The molecule has 0 bridgehead atoms. The summed E-state index contributed by atoms with van der Waals surface area (Å²) in [5.74, 6) is -0.108. The predicted octanol–water partition coefficient (Wildman–Crippen LogP) is 4.41. The molecule has 0 saturated carbocycles. The standard InChI is InChI=1S/C19H19Cl2FN2O/c20-15-3-1-14(18(21)13-15)2-8-19(25)24-11-9-23(10-12-24)17-6-4-16(22)5-7-17/h1,3-7,13H,2,8-12H2. The van der Waals surface area contributed by atoms with Crippen LogP contribution in [0.25, 0.3) is 0 Å². The molecule has 1 aliphatic rings. The van der Waals surface area contributed by atoms with Crippen LogP contribution >= 0.6 is 23.2 Å². The van der Waals surface area contributed by atoms with Gasteiger partial charge in [0.05, 0.1) is 0 Å². The molecule has 1 heterocycles. The average molecular weight is 381 g/mol. The van der Waals surface area contributed by atoms with E-state index in [9.17, 15) is 9.18 Å². The summed E-state index contributed by atoms with van der Waals surface area (Å²) >= 11 is 12.0. The minimum absolute atomic E-state index is 0.129. The zero-order chi connectivity index (χ0) is 17.8. The second-order valence-electron chi connectivity index (χ2n) is 6.08. The van der Waals surface area contributed by atoms with Gasteiger partial charge in [-0.2, -0.15) is 0 Å². The Labute approximate surface area is 156 Å². The minimum atomic E-state index is -0.238. The Morgan fingerprint density at radius 3 is 2.32 bits per heavy atom. The molecule has 1 saturated heterocycles. The number of nitrogens with zero attached hydrogens (tertiary/aromatic N) is 2. The number of benzene rings is 2. The van der Waals surface area contributed by atoms with E-state index >= 15 is 0 Å². The molecule has 0 radical (unpaired) electrons. The SMILES string of the molecule is O=C(CCc1ccc(Cl)cc1Cl)N1CCN(c2ccc(F)cc2)CC1. The maximum Gasteiger partial charge on any atom is 0.223 e. The van der Waals surface area contributed by atoms with E-state index in [1.54, 1.807) is 24.3 Å². The molecule has 0 N–H and O–H groups in total. The van der Waals surface area contributed by atoms with Crippen LogP contribution in [0.1, 0.15) is 12.0 Å². The number of carbonyl (C=O) groups is 1. The normalized spacial score (nSPS) is 14.7. The van der Waals surface area contributed by atoms with E-state index in [2.05, 4.69) is 4.90 Å². The summed E-state index contributed by atoms with van der Waals surface area (Å²) in [5.41, 5.74) is 1.92. The first-order valence-corrected chi connectivity index (χ1v) is 9.01. The Morgan fingerprint density at radius 2 is 1.68 bits per heavy atom. The highest BCUT2D eigenvalue weighted by atomic mass is 35.5. The molecule has 0 aromatic heterocycles. The lowest BCUT2D eigenvalue weighted by molar-refractivity contribution is -0.131. The molecule has 0 spiro atoms. The number of piperazine rings is 1. The number of rotatable bonds is 4. The summed E-state index contributed by atoms with van der Waals surface area (Å²) in [7, 11) is 0. The third-order valence-corrected chi connectivity index (χ3v) is 5.03. The second-order valence-corrected chi connectivity index (χ2v) is 6.92. The maximum atomic E-state index is 13.0. The van der Waals surface area contributed by atoms with E-state index in [1.165, 1.54) is 12.1 Å². The van der Waals surface area contributed by atoms with Crippen LogP contribution in [-0.2, 0) is 11.2 Å². The average Bonchev–Trinajstić information content (AvgIpc) is 2.61. The van der Waals surface area contributed by atoms with E-state index in [-0.39, 0.29) is 11.7 Å². The van der Waals surface area contributed by atoms with Gasteiger partial charge in [0.25, 0.3) is 0 Å². The molecule has 0 unspecified atom stereocenters. The topological polar surface area (TPSA) is 23.6 Å². The van der Waals surface area contributed by atoms with E-state index < -0.39 is 0 Å². The summed E-state index contributed by atoms with van der Waals surface area (Å²) in [6.07, 6.45) is 1.03. The van der Waals surface area contributed by atoms with Crippen LogP contribution in [0, 0.1) is 5.82 Å². The molecule has 3 nitrogen and oxygen atoms in total. The van der Waals surface area contributed by atoms with E-state index in [1.807, 2.05) is 11.0 Å². The maximum absolute atomic E-state index is 13.0. The Kier molecular flexibility index (Phi) is 5.82. The summed E-state index contributed by atoms with van der Waals surface area (Å²) in [4.78, 5) is 16.5. The Hall–Kier alpha value is -1.78. The zero-order valence-electron chi connectivity index (χ0n) is 13.7. The molecular weight excluding hydrogens is 362 g/mol. The Morgan fingerprint density at radius 1 is 1.00 bits per heavy atom. The molecule has 25 heavy (non-hydrogen) atoms. The fraction of sp³-hybridized carbons (Fsp3) is 0.316. The number of amides is 1. The largest absolute Gasteiger partial charge is 0.368 e. The van der Waals surface area contributed by atoms with Crippen LogP contribution in [-0.4, -0.2) is 37.0 Å². The molecule has 132 valence electrons. The summed E-state index contributed by atoms with van der Waals surface area (Å²) in [6.45, 7) is 2.84. The van der Waals surface area contributed by atoms with Gasteiger partial charge in [-0.1, -0.05) is 29.3 Å². The second kappa shape index (κ2) is 8.07. The van der Waals surface area contributed by atoms with Crippen LogP contribution in [0.4, 0.5) is 10.1 Å². The van der Waals surface area contributed by atoms with Crippen molar-refractivity contribution in [3.05, 3.63) is 63.9 Å². The molecule has 0 aliphatic carbocycles. The summed E-state index contributed by atoms with van der Waals surface area (Å²) in [5, 5.41) is 1.19. The van der Waals surface area contributed by atoms with Crippen molar-refractivity contribution in [1.82, 2.24) is 4.90 Å². The van der Waals surface area contributed by atoms with Gasteiger partial charge in [0, 0.05) is 48.3 Å². The molecule has 6 heteroatoms. The van der Waals surface area contributed by atoms with Crippen molar-refractivity contribution in [2.45, 2.75) is 12.8 Å². The Balaban J connectivity index is 1.50. The van der Waals surface area contributed by atoms with Crippen LogP contribution in [0.5, 0.6) is 0 Å². The highest BCUT2D eigenvalue weighted by molar-refractivity contribution is 6.35. The van der Waals surface area contributed by atoms with Crippen molar-refractivity contribution in [3.8, 4) is 0 Å². The first-order chi connectivity index (χ1) is 12.0. The zero-order valence-corrected chi connectivity index (χ0v) is 15.2. The van der Waals surface area contributed by atoms with Crippen LogP contribution < -0.4 is 4.90 Å². The number of hydrogen-bond acceptors (Lipinski definition) is 2. The fourth-order valence-electron chi connectivity index (χ4n) is 2.99. The van der Waals surface area contributed by atoms with E-state index in [0.29, 0.717) is 36.0 Å². The van der Waals surface area contributed by atoms with Crippen molar-refractivity contribution in [1.29, 1.82) is 0 Å². The molecular formula is C19H19Cl2FN2O. The third kappa shape index (κ3) is 4.65. The summed E-state index contributed by atoms with van der Waals surface area (Å²) < 4.78 is 13.0. The van der Waals surface area contributed by atoms with Gasteiger partial charge in [-0.25, -0.2) is 4.39 Å². The summed E-state index contributed by atoms with van der Waals surface area (Å²) in [6, 6.07) is 11.8. The highest BCUT2D eigenvalue weighted by Crippen LogP contribution is 2.23. The van der Waals surface area contributed by atoms with E-state index in [4.69, 9.17) is 23.2 Å². The van der Waals surface area contributed by atoms with Gasteiger partial charge < -0.3 is 9.80 Å². The van der Waals surface area contributed by atoms with E-state index in [0.717, 1.165) is 24.3 Å². The number of hydrogen-bond donors (Lipinski definition) is 0. The predicted molar refractivity (Wildman–Crippen MR) is 100.0 cm³/mol. The van der Waals surface area contributed by atoms with Gasteiger partial charge in [0.2, 0.25) is 5.91 Å². The third-order valence-electron chi connectivity index (χ3n) is 4.45. The fourth-order valence-corrected chi connectivity index (χ4v) is 3.49. The number of halogens is 3. The monoisotopic (exact) mass is 380 g/mol. The first-order valence-electron chi connectivity index (χ1n) is 8.25. The molecule has 1 fully saturated rings. The molecule has 3 rings (SSSR count). The number of anilines is 1. The van der Waals surface area contributed by atoms with Gasteiger partial charge in [-0.05, 0) is 48.4 Å². The van der Waals surface area contributed by atoms with Gasteiger partial charge >= 0.3 is 0 Å². The van der Waals surface area contributed by atoms with Gasteiger partial charge in [0.1, 0.15) is 5.82 Å². The Bertz CT molecular complexity index is 744. The minimum Gasteiger partial charge on any atom is -0.368 e. The van der Waals surface area contributed by atoms with Gasteiger partial charge in [-0.15, -0.1) is 0 Å². The van der Waals surface area contributed by atoms with Gasteiger partial charge in [0.15, 0.2) is 0 Å². The van der Waals surface area contributed by atoms with Gasteiger partial charge in [-0.3, -0.25) is 4.79 Å². The molecule has 1 aliphatic heterocycles. The lowest BCUT2D eigenvalue weighted by Crippen LogP contribution is -2.48. The number of carbonyl (C=O) groups excluding carboxylic acids is 1. The van der Waals surface area contributed by atoms with Crippen LogP contribution in [0.15, 0.2) is 42.5 Å². The highest BCUT2D eigenvalue weighted by Gasteiger charge is 2.21. The van der Waals surface area contributed by atoms with Crippen molar-refractivity contribution in [2.24, 2.45) is 0 Å². The first kappa shape index (κ1) is 18.0. The van der Waals surface area contributed by atoms with Crippen molar-refractivity contribution in [3.63, 3.8) is 0 Å². The van der Waals surface area contributed by atoms with Crippen molar-refractivity contribution >= 4 is 34.8 Å². The molecule has 2 aromatic rings. The molecule has 2 aromatic carbocycles. The quantitative estimate of drug-likeness (QED) is 0.783. The lowest BCUT2D eigenvalue weighted by Gasteiger charge is -2.36. The smallest absolute Gasteiger partial charge is 0.223 e. The van der Waals surface area contributed by atoms with Crippen LogP contribution in [0.3, 0.4) is 0 Å². The molecule has 1 amide bonds.